The van der Waals surface area contributed by atoms with Gasteiger partial charge in [0.2, 0.25) is 0 Å². The summed E-state index contributed by atoms with van der Waals surface area (Å²) in [5.74, 6) is -1.12. The molecule has 9 heteroatoms. The molecular formula is C22H20N2O6S. The molecule has 31 heavy (non-hydrogen) atoms. The molecule has 160 valence electrons. The Morgan fingerprint density at radius 2 is 1.84 bits per heavy atom. The molecule has 2 heterocycles. The van der Waals surface area contributed by atoms with Gasteiger partial charge in [-0.05, 0) is 49.1 Å². The van der Waals surface area contributed by atoms with E-state index in [1.807, 2.05) is 0 Å². The van der Waals surface area contributed by atoms with Gasteiger partial charge in [0, 0.05) is 10.6 Å². The van der Waals surface area contributed by atoms with Gasteiger partial charge >= 0.3 is 0 Å². The molecule has 1 aromatic heterocycles. The Labute approximate surface area is 177 Å². The minimum atomic E-state index is -4.39. The van der Waals surface area contributed by atoms with E-state index in [-0.39, 0.29) is 28.7 Å². The highest BCUT2D eigenvalue weighted by Gasteiger charge is 2.45. The molecule has 3 atom stereocenters. The molecule has 1 amide bonds. The number of phenols is 1. The molecule has 2 aromatic carbocycles. The second-order valence-electron chi connectivity index (χ2n) is 8.18. The quantitative estimate of drug-likeness (QED) is 0.531. The lowest BCUT2D eigenvalue weighted by Crippen LogP contribution is -2.32. The SMILES string of the molecule is CC1CCC(n2c(C3=c4cc(O)ccc4=NC3=O)c(O)c3ccccc32)C1S(=O)(=O)O. The van der Waals surface area contributed by atoms with E-state index in [9.17, 15) is 28.0 Å². The van der Waals surface area contributed by atoms with E-state index in [0.29, 0.717) is 34.3 Å². The number of fused-ring (bicyclic) bond motifs is 2. The van der Waals surface area contributed by atoms with Gasteiger partial charge in [0.05, 0.1) is 28.2 Å². The number of carbonyl (C=O) groups excluding carboxylic acids is 1. The first-order valence-corrected chi connectivity index (χ1v) is 11.4. The maximum absolute atomic E-state index is 12.9. The third-order valence-corrected chi connectivity index (χ3v) is 7.81. The molecule has 1 fully saturated rings. The van der Waals surface area contributed by atoms with Gasteiger partial charge < -0.3 is 14.8 Å². The Kier molecular flexibility index (Phi) is 4.25. The van der Waals surface area contributed by atoms with Crippen molar-refractivity contribution in [3.63, 3.8) is 0 Å². The first kappa shape index (κ1) is 19.8. The van der Waals surface area contributed by atoms with Crippen LogP contribution in [-0.2, 0) is 14.9 Å². The van der Waals surface area contributed by atoms with Crippen LogP contribution in [0.25, 0.3) is 16.5 Å². The third-order valence-electron chi connectivity index (χ3n) is 6.34. The summed E-state index contributed by atoms with van der Waals surface area (Å²) < 4.78 is 36.1. The minimum absolute atomic E-state index is 0.0615. The van der Waals surface area contributed by atoms with Gasteiger partial charge in [0.15, 0.2) is 0 Å². The summed E-state index contributed by atoms with van der Waals surface area (Å²) in [5.41, 5.74) is 0.789. The van der Waals surface area contributed by atoms with Crippen molar-refractivity contribution in [3.8, 4) is 11.5 Å². The van der Waals surface area contributed by atoms with Gasteiger partial charge in [-0.15, -0.1) is 0 Å². The van der Waals surface area contributed by atoms with Gasteiger partial charge in [-0.25, -0.2) is 4.99 Å². The molecule has 3 aromatic rings. The van der Waals surface area contributed by atoms with Crippen LogP contribution in [-0.4, -0.2) is 38.9 Å². The van der Waals surface area contributed by atoms with Crippen LogP contribution in [0.3, 0.4) is 0 Å². The van der Waals surface area contributed by atoms with Gasteiger partial charge in [0.25, 0.3) is 16.0 Å². The maximum atomic E-state index is 12.9. The molecular weight excluding hydrogens is 420 g/mol. The van der Waals surface area contributed by atoms with Crippen LogP contribution in [0.5, 0.6) is 11.5 Å². The lowest BCUT2D eigenvalue weighted by Gasteiger charge is -2.24. The summed E-state index contributed by atoms with van der Waals surface area (Å²) in [5, 5.41) is 21.2. The zero-order valence-electron chi connectivity index (χ0n) is 16.6. The summed E-state index contributed by atoms with van der Waals surface area (Å²) in [6, 6.07) is 10.6. The number of aromatic nitrogens is 1. The first-order valence-electron chi connectivity index (χ1n) is 9.93. The van der Waals surface area contributed by atoms with Gasteiger partial charge in [-0.3, -0.25) is 9.35 Å². The minimum Gasteiger partial charge on any atom is -0.508 e. The van der Waals surface area contributed by atoms with Crippen LogP contribution in [0.1, 0.15) is 31.5 Å². The third kappa shape index (κ3) is 2.88. The Bertz CT molecular complexity index is 1490. The summed E-state index contributed by atoms with van der Waals surface area (Å²) >= 11 is 0. The lowest BCUT2D eigenvalue weighted by molar-refractivity contribution is -0.112. The number of hydrogen-bond donors (Lipinski definition) is 3. The van der Waals surface area contributed by atoms with E-state index >= 15 is 0 Å². The predicted molar refractivity (Wildman–Crippen MR) is 113 cm³/mol. The fourth-order valence-electron chi connectivity index (χ4n) is 5.07. The topological polar surface area (TPSA) is 129 Å². The Morgan fingerprint density at radius 3 is 2.58 bits per heavy atom. The van der Waals surface area contributed by atoms with Crippen molar-refractivity contribution < 1.29 is 28.0 Å². The number of phenolic OH excluding ortho intramolecular Hbond substituents is 1. The van der Waals surface area contributed by atoms with Crippen molar-refractivity contribution in [1.29, 1.82) is 0 Å². The molecule has 0 radical (unpaired) electrons. The van der Waals surface area contributed by atoms with Crippen molar-refractivity contribution in [2.24, 2.45) is 10.9 Å². The zero-order chi connectivity index (χ0) is 22.1. The number of benzene rings is 2. The van der Waals surface area contributed by atoms with E-state index in [0.717, 1.165) is 0 Å². The Hall–Kier alpha value is -3.17. The van der Waals surface area contributed by atoms with Crippen LogP contribution in [0.2, 0.25) is 0 Å². The van der Waals surface area contributed by atoms with Crippen LogP contribution >= 0.6 is 0 Å². The summed E-state index contributed by atoms with van der Waals surface area (Å²) in [6.45, 7) is 1.76. The molecule has 0 saturated heterocycles. The van der Waals surface area contributed by atoms with Gasteiger partial charge in [-0.1, -0.05) is 19.1 Å². The molecule has 1 aliphatic heterocycles. The average molecular weight is 440 g/mol. The highest BCUT2D eigenvalue weighted by Crippen LogP contribution is 2.46. The molecule has 2 aliphatic rings. The van der Waals surface area contributed by atoms with Crippen LogP contribution in [0.15, 0.2) is 47.5 Å². The van der Waals surface area contributed by atoms with Gasteiger partial charge in [-0.2, -0.15) is 8.42 Å². The molecule has 3 unspecified atom stereocenters. The highest BCUT2D eigenvalue weighted by atomic mass is 32.2. The van der Waals surface area contributed by atoms with E-state index in [4.69, 9.17) is 0 Å². The number of para-hydroxylation sites is 1. The zero-order valence-corrected chi connectivity index (χ0v) is 17.4. The predicted octanol–water partition coefficient (Wildman–Crippen LogP) is 1.64. The van der Waals surface area contributed by atoms with Crippen molar-refractivity contribution >= 4 is 32.5 Å². The second kappa shape index (κ2) is 6.66. The molecule has 3 N–H and O–H groups in total. The van der Waals surface area contributed by atoms with E-state index < -0.39 is 27.3 Å². The molecule has 0 spiro atoms. The van der Waals surface area contributed by atoms with E-state index in [1.165, 1.54) is 18.2 Å². The van der Waals surface area contributed by atoms with Crippen molar-refractivity contribution in [1.82, 2.24) is 4.57 Å². The van der Waals surface area contributed by atoms with E-state index in [1.54, 1.807) is 35.8 Å². The van der Waals surface area contributed by atoms with Crippen molar-refractivity contribution in [2.45, 2.75) is 31.1 Å². The van der Waals surface area contributed by atoms with Crippen LogP contribution in [0, 0.1) is 5.92 Å². The molecule has 0 bridgehead atoms. The number of rotatable bonds is 3. The molecule has 5 rings (SSSR count). The largest absolute Gasteiger partial charge is 0.508 e. The maximum Gasteiger partial charge on any atom is 0.280 e. The number of aromatic hydroxyl groups is 2. The fraction of sp³-hybridized carbons (Fsp3) is 0.273. The van der Waals surface area contributed by atoms with E-state index in [2.05, 4.69) is 4.99 Å². The molecule has 1 saturated carbocycles. The fourth-order valence-corrected chi connectivity index (χ4v) is 6.45. The van der Waals surface area contributed by atoms with Crippen molar-refractivity contribution in [2.75, 3.05) is 0 Å². The molecule has 8 nitrogen and oxygen atoms in total. The lowest BCUT2D eigenvalue weighted by atomic mass is 10.1. The Balaban J connectivity index is 1.91. The smallest absolute Gasteiger partial charge is 0.280 e. The van der Waals surface area contributed by atoms with Crippen LogP contribution < -0.4 is 10.6 Å². The normalized spacial score (nSPS) is 23.4. The van der Waals surface area contributed by atoms with Crippen molar-refractivity contribution in [3.05, 3.63) is 58.7 Å². The Morgan fingerprint density at radius 1 is 1.10 bits per heavy atom. The monoisotopic (exact) mass is 440 g/mol. The average Bonchev–Trinajstić information content (AvgIpc) is 3.32. The standard InChI is InChI=1S/C22H20N2O6S/c1-11-6-9-17(21(11)31(28,29)30)24-16-5-3-2-4-13(16)20(26)19(24)18-14-10-12(25)7-8-15(14)23-22(18)27/h2-5,7-8,10-11,17,21,25-26H,6,9H2,1H3,(H,28,29,30). The molecule has 1 aliphatic carbocycles. The number of hydrogen-bond acceptors (Lipinski definition) is 5. The number of amides is 1. The van der Waals surface area contributed by atoms with Crippen LogP contribution in [0.4, 0.5) is 0 Å². The van der Waals surface area contributed by atoms with Gasteiger partial charge in [0.1, 0.15) is 16.7 Å². The highest BCUT2D eigenvalue weighted by molar-refractivity contribution is 7.86. The number of carbonyl (C=O) groups is 1. The number of nitrogens with zero attached hydrogens (tertiary/aromatic N) is 2. The summed E-state index contributed by atoms with van der Waals surface area (Å²) in [7, 11) is -4.39. The first-order chi connectivity index (χ1) is 14.7. The summed E-state index contributed by atoms with van der Waals surface area (Å²) in [4.78, 5) is 16.9. The second-order valence-corrected chi connectivity index (χ2v) is 9.75. The summed E-state index contributed by atoms with van der Waals surface area (Å²) in [6.07, 6.45) is 1.01.